The second-order valence-electron chi connectivity index (χ2n) is 4.81. The molecule has 0 bridgehead atoms. The van der Waals surface area contributed by atoms with Gasteiger partial charge >= 0.3 is 5.97 Å². The normalized spacial score (nSPS) is 17.4. The fourth-order valence-corrected chi connectivity index (χ4v) is 2.25. The van der Waals surface area contributed by atoms with Gasteiger partial charge in [-0.15, -0.1) is 0 Å². The second kappa shape index (κ2) is 6.56. The Morgan fingerprint density at radius 2 is 2.32 bits per heavy atom. The van der Waals surface area contributed by atoms with Crippen molar-refractivity contribution in [3.63, 3.8) is 0 Å². The van der Waals surface area contributed by atoms with E-state index in [0.717, 1.165) is 19.6 Å². The van der Waals surface area contributed by atoms with E-state index in [0.29, 0.717) is 12.6 Å². The van der Waals surface area contributed by atoms with Crippen molar-refractivity contribution in [1.82, 2.24) is 9.88 Å². The van der Waals surface area contributed by atoms with Crippen LogP contribution in [0.4, 0.5) is 6.01 Å². The number of nitrogens with zero attached hydrogens (tertiary/aromatic N) is 2. The number of carbonyl (C=O) groups is 1. The SMILES string of the molecule is CCOC(=O)c1coc(NC(C)CN2CCCC2)n1. The van der Waals surface area contributed by atoms with Crippen molar-refractivity contribution in [2.24, 2.45) is 0 Å². The number of oxazole rings is 1. The highest BCUT2D eigenvalue weighted by Crippen LogP contribution is 2.12. The average molecular weight is 267 g/mol. The average Bonchev–Trinajstić information content (AvgIpc) is 3.00. The van der Waals surface area contributed by atoms with Crippen LogP contribution in [0, 0.1) is 0 Å². The highest BCUT2D eigenvalue weighted by Gasteiger charge is 2.17. The van der Waals surface area contributed by atoms with E-state index in [1.807, 2.05) is 0 Å². The van der Waals surface area contributed by atoms with E-state index in [2.05, 4.69) is 22.1 Å². The number of likely N-dealkylation sites (tertiary alicyclic amines) is 1. The van der Waals surface area contributed by atoms with Crippen LogP contribution >= 0.6 is 0 Å². The van der Waals surface area contributed by atoms with Crippen LogP contribution in [0.2, 0.25) is 0 Å². The second-order valence-corrected chi connectivity index (χ2v) is 4.81. The molecule has 1 aliphatic rings. The minimum atomic E-state index is -0.452. The molecule has 2 heterocycles. The topological polar surface area (TPSA) is 67.6 Å². The predicted octanol–water partition coefficient (Wildman–Crippen LogP) is 1.75. The van der Waals surface area contributed by atoms with E-state index in [9.17, 15) is 4.79 Å². The third kappa shape index (κ3) is 3.96. The summed E-state index contributed by atoms with van der Waals surface area (Å²) in [5, 5.41) is 3.16. The van der Waals surface area contributed by atoms with Crippen LogP contribution in [0.25, 0.3) is 0 Å². The van der Waals surface area contributed by atoms with Gasteiger partial charge in [0.05, 0.1) is 6.61 Å². The van der Waals surface area contributed by atoms with Crippen LogP contribution in [-0.2, 0) is 4.74 Å². The van der Waals surface area contributed by atoms with Crippen LogP contribution in [0.5, 0.6) is 0 Å². The number of hydrogen-bond acceptors (Lipinski definition) is 6. The van der Waals surface area contributed by atoms with Crippen molar-refractivity contribution >= 4 is 12.0 Å². The molecule has 1 N–H and O–H groups in total. The summed E-state index contributed by atoms with van der Waals surface area (Å²) in [4.78, 5) is 17.9. The fraction of sp³-hybridized carbons (Fsp3) is 0.692. The van der Waals surface area contributed by atoms with Crippen molar-refractivity contribution < 1.29 is 13.9 Å². The van der Waals surface area contributed by atoms with Crippen molar-refractivity contribution in [2.75, 3.05) is 31.6 Å². The quantitative estimate of drug-likeness (QED) is 0.792. The van der Waals surface area contributed by atoms with E-state index in [1.54, 1.807) is 6.92 Å². The highest BCUT2D eigenvalue weighted by atomic mass is 16.5. The lowest BCUT2D eigenvalue weighted by atomic mass is 10.3. The van der Waals surface area contributed by atoms with Gasteiger partial charge < -0.3 is 19.4 Å². The Balaban J connectivity index is 1.83. The summed E-state index contributed by atoms with van der Waals surface area (Å²) < 4.78 is 10.1. The molecule has 1 aromatic rings. The van der Waals surface area contributed by atoms with E-state index in [1.165, 1.54) is 19.1 Å². The number of nitrogens with one attached hydrogen (secondary N) is 1. The standard InChI is InChI=1S/C13H21N3O3/c1-3-18-12(17)11-9-19-13(15-11)14-10(2)8-16-6-4-5-7-16/h9-10H,3-8H2,1-2H3,(H,14,15). The molecule has 1 aliphatic heterocycles. The first-order valence-corrected chi connectivity index (χ1v) is 6.80. The summed E-state index contributed by atoms with van der Waals surface area (Å²) in [5.41, 5.74) is 0.206. The van der Waals surface area contributed by atoms with Gasteiger partial charge in [-0.25, -0.2) is 4.79 Å². The van der Waals surface area contributed by atoms with Gasteiger partial charge in [0, 0.05) is 12.6 Å². The van der Waals surface area contributed by atoms with Crippen LogP contribution in [0.3, 0.4) is 0 Å². The molecule has 106 valence electrons. The summed E-state index contributed by atoms with van der Waals surface area (Å²) in [6, 6.07) is 0.599. The van der Waals surface area contributed by atoms with Gasteiger partial charge in [-0.2, -0.15) is 4.98 Å². The molecular weight excluding hydrogens is 246 g/mol. The molecule has 6 nitrogen and oxygen atoms in total. The number of rotatable bonds is 6. The van der Waals surface area contributed by atoms with Crippen LogP contribution in [-0.4, -0.2) is 48.1 Å². The molecule has 1 unspecified atom stereocenters. The Kier molecular flexibility index (Phi) is 4.79. The van der Waals surface area contributed by atoms with Crippen molar-refractivity contribution in [2.45, 2.75) is 32.7 Å². The molecule has 0 aliphatic carbocycles. The Morgan fingerprint density at radius 3 is 3.00 bits per heavy atom. The Hall–Kier alpha value is -1.56. The van der Waals surface area contributed by atoms with Crippen molar-refractivity contribution in [1.29, 1.82) is 0 Å². The maximum atomic E-state index is 11.4. The van der Waals surface area contributed by atoms with Gasteiger partial charge in [0.1, 0.15) is 6.26 Å². The number of anilines is 1. The Labute approximate surface area is 113 Å². The zero-order chi connectivity index (χ0) is 13.7. The number of ether oxygens (including phenoxy) is 1. The maximum Gasteiger partial charge on any atom is 0.360 e. The molecular formula is C13H21N3O3. The maximum absolute atomic E-state index is 11.4. The third-order valence-electron chi connectivity index (χ3n) is 3.09. The molecule has 0 amide bonds. The molecule has 0 radical (unpaired) electrons. The van der Waals surface area contributed by atoms with Gasteiger partial charge in [0.25, 0.3) is 6.01 Å². The molecule has 0 aromatic carbocycles. The minimum absolute atomic E-state index is 0.206. The van der Waals surface area contributed by atoms with Gasteiger partial charge in [0.2, 0.25) is 0 Å². The molecule has 1 atom stereocenters. The van der Waals surface area contributed by atoms with Crippen LogP contribution in [0.15, 0.2) is 10.7 Å². The number of aromatic nitrogens is 1. The minimum Gasteiger partial charge on any atom is -0.461 e. The molecule has 0 spiro atoms. The van der Waals surface area contributed by atoms with Crippen LogP contribution < -0.4 is 5.32 Å². The summed E-state index contributed by atoms with van der Waals surface area (Å²) >= 11 is 0. The lowest BCUT2D eigenvalue weighted by molar-refractivity contribution is 0.0519. The van der Waals surface area contributed by atoms with E-state index < -0.39 is 5.97 Å². The smallest absolute Gasteiger partial charge is 0.360 e. The zero-order valence-corrected chi connectivity index (χ0v) is 11.5. The monoisotopic (exact) mass is 267 g/mol. The molecule has 0 saturated carbocycles. The van der Waals surface area contributed by atoms with E-state index in [-0.39, 0.29) is 11.7 Å². The first kappa shape index (κ1) is 13.9. The molecule has 6 heteroatoms. The number of hydrogen-bond donors (Lipinski definition) is 1. The Morgan fingerprint density at radius 1 is 1.58 bits per heavy atom. The first-order chi connectivity index (χ1) is 9.19. The lowest BCUT2D eigenvalue weighted by Crippen LogP contribution is -2.33. The van der Waals surface area contributed by atoms with Gasteiger partial charge in [-0.3, -0.25) is 0 Å². The van der Waals surface area contributed by atoms with Gasteiger partial charge in [0.15, 0.2) is 5.69 Å². The molecule has 1 aromatic heterocycles. The van der Waals surface area contributed by atoms with Crippen molar-refractivity contribution in [3.05, 3.63) is 12.0 Å². The van der Waals surface area contributed by atoms with Crippen LogP contribution in [0.1, 0.15) is 37.2 Å². The van der Waals surface area contributed by atoms with Gasteiger partial charge in [-0.05, 0) is 39.8 Å². The molecule has 1 saturated heterocycles. The summed E-state index contributed by atoms with van der Waals surface area (Å²) in [5.74, 6) is -0.452. The third-order valence-corrected chi connectivity index (χ3v) is 3.09. The fourth-order valence-electron chi connectivity index (χ4n) is 2.25. The predicted molar refractivity (Wildman–Crippen MR) is 71.2 cm³/mol. The zero-order valence-electron chi connectivity index (χ0n) is 11.5. The largest absolute Gasteiger partial charge is 0.461 e. The molecule has 2 rings (SSSR count). The molecule has 1 fully saturated rings. The molecule has 19 heavy (non-hydrogen) atoms. The highest BCUT2D eigenvalue weighted by molar-refractivity contribution is 5.87. The Bertz CT molecular complexity index is 413. The van der Waals surface area contributed by atoms with E-state index in [4.69, 9.17) is 9.15 Å². The number of esters is 1. The first-order valence-electron chi connectivity index (χ1n) is 6.80. The summed E-state index contributed by atoms with van der Waals surface area (Å²) in [7, 11) is 0. The van der Waals surface area contributed by atoms with Gasteiger partial charge in [-0.1, -0.05) is 0 Å². The van der Waals surface area contributed by atoms with Crippen molar-refractivity contribution in [3.8, 4) is 0 Å². The number of carbonyl (C=O) groups excluding carboxylic acids is 1. The lowest BCUT2D eigenvalue weighted by Gasteiger charge is -2.20. The summed E-state index contributed by atoms with van der Waals surface area (Å²) in [6.07, 6.45) is 3.88. The van der Waals surface area contributed by atoms with E-state index >= 15 is 0 Å². The summed E-state index contributed by atoms with van der Waals surface area (Å²) in [6.45, 7) is 7.44.